The Morgan fingerprint density at radius 1 is 1.71 bits per heavy atom. The van der Waals surface area contributed by atoms with E-state index < -0.39 is 10.0 Å². The van der Waals surface area contributed by atoms with Crippen LogP contribution in [0.5, 0.6) is 0 Å². The van der Waals surface area contributed by atoms with E-state index in [1.54, 1.807) is 14.0 Å². The molecule has 0 radical (unpaired) electrons. The Morgan fingerprint density at radius 3 is 2.79 bits per heavy atom. The van der Waals surface area contributed by atoms with E-state index in [1.165, 1.54) is 17.1 Å². The van der Waals surface area contributed by atoms with Crippen molar-refractivity contribution in [1.82, 2.24) is 14.5 Å². The lowest BCUT2D eigenvalue weighted by atomic mass is 10.4. The van der Waals surface area contributed by atoms with Crippen molar-refractivity contribution in [1.29, 1.82) is 0 Å². The zero-order chi connectivity index (χ0) is 10.8. The minimum atomic E-state index is -3.46. The van der Waals surface area contributed by atoms with E-state index in [0.29, 0.717) is 0 Å². The van der Waals surface area contributed by atoms with Gasteiger partial charge in [-0.2, -0.15) is 5.10 Å². The van der Waals surface area contributed by atoms with Crippen LogP contribution in [-0.2, 0) is 17.1 Å². The molecule has 0 aliphatic carbocycles. The fraction of sp³-hybridized carbons (Fsp3) is 0.571. The molecular weight excluding hydrogens is 204 g/mol. The molecule has 80 valence electrons. The van der Waals surface area contributed by atoms with Crippen molar-refractivity contribution in [2.45, 2.75) is 17.9 Å². The van der Waals surface area contributed by atoms with Gasteiger partial charge in [0.15, 0.2) is 0 Å². The fourth-order valence-electron chi connectivity index (χ4n) is 0.919. The van der Waals surface area contributed by atoms with Crippen molar-refractivity contribution < 1.29 is 8.42 Å². The molecule has 0 aliphatic heterocycles. The fourth-order valence-corrected chi connectivity index (χ4v) is 2.16. The molecule has 1 heterocycles. The van der Waals surface area contributed by atoms with Crippen LogP contribution >= 0.6 is 0 Å². The molecule has 7 heteroatoms. The Hall–Kier alpha value is -0.920. The van der Waals surface area contributed by atoms with Crippen LogP contribution in [0.3, 0.4) is 0 Å². The summed E-state index contributed by atoms with van der Waals surface area (Å²) in [5.74, 6) is 0. The monoisotopic (exact) mass is 218 g/mol. The molecule has 1 atom stereocenters. The van der Waals surface area contributed by atoms with Crippen LogP contribution in [0, 0.1) is 0 Å². The van der Waals surface area contributed by atoms with Crippen molar-refractivity contribution in [3.63, 3.8) is 0 Å². The number of aromatic nitrogens is 2. The first kappa shape index (κ1) is 11.2. The molecule has 14 heavy (non-hydrogen) atoms. The zero-order valence-electron chi connectivity index (χ0n) is 8.14. The predicted octanol–water partition coefficient (Wildman–Crippen LogP) is -0.954. The smallest absolute Gasteiger partial charge is 0.243 e. The van der Waals surface area contributed by atoms with Gasteiger partial charge in [0.25, 0.3) is 0 Å². The van der Waals surface area contributed by atoms with Gasteiger partial charge >= 0.3 is 0 Å². The Labute approximate surface area is 83.1 Å². The summed E-state index contributed by atoms with van der Waals surface area (Å²) in [6.07, 6.45) is 2.73. The number of rotatable bonds is 4. The van der Waals surface area contributed by atoms with Gasteiger partial charge in [0, 0.05) is 25.8 Å². The van der Waals surface area contributed by atoms with Crippen molar-refractivity contribution in [3.8, 4) is 0 Å². The lowest BCUT2D eigenvalue weighted by molar-refractivity contribution is 0.562. The van der Waals surface area contributed by atoms with Crippen LogP contribution in [0.1, 0.15) is 6.92 Å². The first-order valence-electron chi connectivity index (χ1n) is 4.17. The molecular formula is C7H14N4O2S. The first-order chi connectivity index (χ1) is 6.45. The molecule has 1 aromatic heterocycles. The highest BCUT2D eigenvalue weighted by Gasteiger charge is 2.17. The number of nitrogens with one attached hydrogen (secondary N) is 1. The van der Waals surface area contributed by atoms with E-state index >= 15 is 0 Å². The Bertz CT molecular complexity index is 398. The maximum absolute atomic E-state index is 11.6. The summed E-state index contributed by atoms with van der Waals surface area (Å²) in [5, 5.41) is 3.78. The summed E-state index contributed by atoms with van der Waals surface area (Å²) < 4.78 is 27.1. The van der Waals surface area contributed by atoms with Gasteiger partial charge in [-0.1, -0.05) is 0 Å². The van der Waals surface area contributed by atoms with Crippen LogP contribution in [0.25, 0.3) is 0 Å². The third kappa shape index (κ3) is 2.53. The van der Waals surface area contributed by atoms with E-state index in [-0.39, 0.29) is 17.5 Å². The van der Waals surface area contributed by atoms with Gasteiger partial charge in [-0.25, -0.2) is 13.1 Å². The lowest BCUT2D eigenvalue weighted by Gasteiger charge is -2.09. The van der Waals surface area contributed by atoms with Gasteiger partial charge < -0.3 is 5.73 Å². The molecule has 0 bridgehead atoms. The van der Waals surface area contributed by atoms with Crippen LogP contribution in [0.4, 0.5) is 0 Å². The number of sulfonamides is 1. The van der Waals surface area contributed by atoms with Gasteiger partial charge in [-0.3, -0.25) is 4.68 Å². The number of nitrogens with two attached hydrogens (primary N) is 1. The highest BCUT2D eigenvalue weighted by molar-refractivity contribution is 7.89. The van der Waals surface area contributed by atoms with E-state index in [1.807, 2.05) is 0 Å². The summed E-state index contributed by atoms with van der Waals surface area (Å²) in [6, 6.07) is -0.278. The van der Waals surface area contributed by atoms with Gasteiger partial charge in [-0.15, -0.1) is 0 Å². The van der Waals surface area contributed by atoms with E-state index in [4.69, 9.17) is 5.73 Å². The second kappa shape index (κ2) is 4.07. The van der Waals surface area contributed by atoms with Crippen molar-refractivity contribution in [2.24, 2.45) is 12.8 Å². The molecule has 0 fully saturated rings. The molecule has 3 N–H and O–H groups in total. The summed E-state index contributed by atoms with van der Waals surface area (Å²) in [5.41, 5.74) is 5.31. The predicted molar refractivity (Wildman–Crippen MR) is 52.0 cm³/mol. The van der Waals surface area contributed by atoms with Crippen molar-refractivity contribution in [3.05, 3.63) is 12.4 Å². The molecule has 0 aliphatic rings. The molecule has 0 amide bonds. The van der Waals surface area contributed by atoms with E-state index in [0.717, 1.165) is 0 Å². The zero-order valence-corrected chi connectivity index (χ0v) is 8.95. The molecule has 0 saturated heterocycles. The lowest BCUT2D eigenvalue weighted by Crippen LogP contribution is -2.37. The van der Waals surface area contributed by atoms with E-state index in [9.17, 15) is 8.42 Å². The average molecular weight is 218 g/mol. The largest absolute Gasteiger partial charge is 0.329 e. The maximum atomic E-state index is 11.6. The van der Waals surface area contributed by atoms with Crippen molar-refractivity contribution >= 4 is 10.0 Å². The third-order valence-corrected chi connectivity index (χ3v) is 3.25. The highest BCUT2D eigenvalue weighted by atomic mass is 32.2. The Kier molecular flexibility index (Phi) is 3.25. The normalized spacial score (nSPS) is 14.2. The topological polar surface area (TPSA) is 90.0 Å². The van der Waals surface area contributed by atoms with Crippen LogP contribution < -0.4 is 10.5 Å². The molecule has 0 spiro atoms. The van der Waals surface area contributed by atoms with E-state index in [2.05, 4.69) is 9.82 Å². The minimum Gasteiger partial charge on any atom is -0.329 e. The number of nitrogens with zero attached hydrogens (tertiary/aromatic N) is 2. The average Bonchev–Trinajstić information content (AvgIpc) is 2.51. The Balaban J connectivity index is 2.86. The molecule has 1 aromatic rings. The molecule has 6 nitrogen and oxygen atoms in total. The van der Waals surface area contributed by atoms with Crippen LogP contribution in [0.15, 0.2) is 17.3 Å². The van der Waals surface area contributed by atoms with Gasteiger partial charge in [0.05, 0.1) is 6.20 Å². The summed E-state index contributed by atoms with van der Waals surface area (Å²) in [7, 11) is -1.81. The molecule has 0 aromatic carbocycles. The summed E-state index contributed by atoms with van der Waals surface area (Å²) >= 11 is 0. The summed E-state index contributed by atoms with van der Waals surface area (Å²) in [6.45, 7) is 1.97. The minimum absolute atomic E-state index is 0.153. The second-order valence-electron chi connectivity index (χ2n) is 3.11. The SMILES string of the molecule is C[C@@H](CN)NS(=O)(=O)c1cnn(C)c1. The molecule has 0 unspecified atom stereocenters. The van der Waals surface area contributed by atoms with Crippen molar-refractivity contribution in [2.75, 3.05) is 6.54 Å². The van der Waals surface area contributed by atoms with Gasteiger partial charge in [-0.05, 0) is 6.92 Å². The quantitative estimate of drug-likeness (QED) is 0.681. The van der Waals surface area contributed by atoms with Crippen LogP contribution in [-0.4, -0.2) is 30.8 Å². The summed E-state index contributed by atoms with van der Waals surface area (Å²) in [4.78, 5) is 0.153. The highest BCUT2D eigenvalue weighted by Crippen LogP contribution is 2.06. The number of hydrogen-bond donors (Lipinski definition) is 2. The van der Waals surface area contributed by atoms with Gasteiger partial charge in [0.2, 0.25) is 10.0 Å². The number of aryl methyl sites for hydroxylation is 1. The molecule has 0 saturated carbocycles. The first-order valence-corrected chi connectivity index (χ1v) is 5.65. The third-order valence-electron chi connectivity index (χ3n) is 1.70. The second-order valence-corrected chi connectivity index (χ2v) is 4.82. The maximum Gasteiger partial charge on any atom is 0.243 e. The van der Waals surface area contributed by atoms with Gasteiger partial charge in [0.1, 0.15) is 4.90 Å². The molecule has 1 rings (SSSR count). The Morgan fingerprint density at radius 2 is 2.36 bits per heavy atom. The number of hydrogen-bond acceptors (Lipinski definition) is 4. The standard InChI is InChI=1S/C7H14N4O2S/c1-6(3-8)10-14(12,13)7-4-9-11(2)5-7/h4-6,10H,3,8H2,1-2H3/t6-/m0/s1. The van der Waals surface area contributed by atoms with Crippen LogP contribution in [0.2, 0.25) is 0 Å².